The maximum absolute atomic E-state index is 13.6. The average Bonchev–Trinajstić information content (AvgIpc) is 3.32. The number of aromatic nitrogens is 1. The van der Waals surface area contributed by atoms with E-state index in [1.807, 2.05) is 31.2 Å². The van der Waals surface area contributed by atoms with Crippen LogP contribution < -0.4 is 33.2 Å². The van der Waals surface area contributed by atoms with Crippen LogP contribution in [0.5, 0.6) is 0 Å². The van der Waals surface area contributed by atoms with E-state index in [0.717, 1.165) is 16.5 Å². The van der Waals surface area contributed by atoms with E-state index in [2.05, 4.69) is 20.9 Å². The Kier molecular flexibility index (Phi) is 12.6. The zero-order valence-electron chi connectivity index (χ0n) is 22.9. The number of primary amides is 1. The summed E-state index contributed by atoms with van der Waals surface area (Å²) < 4.78 is 0. The van der Waals surface area contributed by atoms with Crippen molar-refractivity contribution in [3.8, 4) is 0 Å². The van der Waals surface area contributed by atoms with Gasteiger partial charge < -0.3 is 43.2 Å². The molecule has 13 heteroatoms. The summed E-state index contributed by atoms with van der Waals surface area (Å²) in [5.41, 5.74) is 18.1. The molecule has 0 radical (unpaired) electrons. The Labute approximate surface area is 233 Å². The Morgan fingerprint density at radius 3 is 2.25 bits per heavy atom. The van der Waals surface area contributed by atoms with Gasteiger partial charge in [0.2, 0.25) is 23.6 Å². The lowest BCUT2D eigenvalue weighted by molar-refractivity contribution is -0.144. The molecule has 1 heterocycles. The Morgan fingerprint density at radius 1 is 0.975 bits per heavy atom. The fourth-order valence-corrected chi connectivity index (χ4v) is 4.29. The van der Waals surface area contributed by atoms with Crippen LogP contribution in [0.2, 0.25) is 0 Å². The highest BCUT2D eigenvalue weighted by Crippen LogP contribution is 2.19. The number of nitrogens with one attached hydrogen (secondary N) is 4. The van der Waals surface area contributed by atoms with Crippen LogP contribution in [0, 0.1) is 5.92 Å². The number of fused-ring (bicyclic) bond motifs is 1. The van der Waals surface area contributed by atoms with Gasteiger partial charge in [-0.05, 0) is 43.4 Å². The Morgan fingerprint density at radius 2 is 1.62 bits per heavy atom. The summed E-state index contributed by atoms with van der Waals surface area (Å²) in [6, 6.07) is 2.76. The lowest BCUT2D eigenvalue weighted by Crippen LogP contribution is -2.58. The monoisotopic (exact) mass is 559 g/mol. The molecule has 2 aromatic rings. The third-order valence-electron chi connectivity index (χ3n) is 6.85. The number of amides is 4. The second-order valence-electron chi connectivity index (χ2n) is 9.96. The number of unbranched alkanes of at least 4 members (excludes halogenated alkanes) is 1. The van der Waals surface area contributed by atoms with Crippen LogP contribution in [0.1, 0.15) is 51.5 Å². The number of carbonyl (C=O) groups excluding carboxylic acids is 4. The number of carboxylic acid groups (broad SMARTS) is 1. The largest absolute Gasteiger partial charge is 0.480 e. The van der Waals surface area contributed by atoms with E-state index >= 15 is 0 Å². The lowest BCUT2D eigenvalue weighted by Gasteiger charge is -2.26. The van der Waals surface area contributed by atoms with Crippen LogP contribution >= 0.6 is 0 Å². The molecule has 4 amide bonds. The van der Waals surface area contributed by atoms with Crippen molar-refractivity contribution in [2.24, 2.45) is 23.1 Å². The minimum atomic E-state index is -1.27. The summed E-state index contributed by atoms with van der Waals surface area (Å²) in [6.45, 7) is 3.90. The Balaban J connectivity index is 2.32. The van der Waals surface area contributed by atoms with Crippen molar-refractivity contribution < 1.29 is 29.1 Å². The molecule has 0 saturated heterocycles. The standard InChI is InChI=1S/C27H41N7O6/c1-3-15(2)23(27(39)40)34-25(37)20(10-6-7-11-28)32-26(38)21(33-24(36)18(29)13-22(30)35)12-16-14-31-19-9-5-4-8-17(16)19/h4-5,8-9,14-15,18,20-21,23,31H,3,6-7,10-13,28-29H2,1-2H3,(H2,30,35)(H,32,38)(H,33,36)(H,34,37)(H,39,40). The molecule has 0 aliphatic carbocycles. The molecule has 1 aromatic heterocycles. The van der Waals surface area contributed by atoms with Crippen LogP contribution in [0.15, 0.2) is 30.5 Å². The molecule has 0 fully saturated rings. The number of hydrogen-bond acceptors (Lipinski definition) is 7. The van der Waals surface area contributed by atoms with Gasteiger partial charge in [0, 0.05) is 23.5 Å². The van der Waals surface area contributed by atoms with Crippen LogP contribution in [0.25, 0.3) is 10.9 Å². The molecule has 0 spiro atoms. The quantitative estimate of drug-likeness (QED) is 0.119. The predicted octanol–water partition coefficient (Wildman–Crippen LogP) is -0.373. The van der Waals surface area contributed by atoms with Crippen molar-refractivity contribution >= 4 is 40.5 Å². The molecule has 2 rings (SSSR count). The van der Waals surface area contributed by atoms with E-state index in [1.165, 1.54) is 0 Å². The summed E-state index contributed by atoms with van der Waals surface area (Å²) in [7, 11) is 0. The summed E-state index contributed by atoms with van der Waals surface area (Å²) in [6.07, 6.45) is 3.16. The molecular formula is C27H41N7O6. The van der Waals surface area contributed by atoms with E-state index in [9.17, 15) is 29.1 Å². The number of para-hydroxylation sites is 1. The van der Waals surface area contributed by atoms with Gasteiger partial charge in [0.05, 0.1) is 12.5 Å². The number of hydrogen-bond donors (Lipinski definition) is 8. The molecular weight excluding hydrogens is 518 g/mol. The van der Waals surface area contributed by atoms with E-state index in [4.69, 9.17) is 17.2 Å². The van der Waals surface area contributed by atoms with Gasteiger partial charge in [-0.3, -0.25) is 19.2 Å². The number of aromatic amines is 1. The van der Waals surface area contributed by atoms with Gasteiger partial charge >= 0.3 is 5.97 Å². The number of rotatable bonds is 17. The molecule has 11 N–H and O–H groups in total. The first kappa shape index (κ1) is 32.2. The van der Waals surface area contributed by atoms with Gasteiger partial charge in [0.25, 0.3) is 0 Å². The van der Waals surface area contributed by atoms with E-state index in [1.54, 1.807) is 13.1 Å². The number of aliphatic carboxylic acids is 1. The lowest BCUT2D eigenvalue weighted by atomic mass is 9.98. The maximum Gasteiger partial charge on any atom is 0.326 e. The highest BCUT2D eigenvalue weighted by Gasteiger charge is 2.32. The maximum atomic E-state index is 13.6. The molecule has 1 aromatic carbocycles. The molecule has 220 valence electrons. The zero-order chi connectivity index (χ0) is 29.8. The molecule has 0 bridgehead atoms. The molecule has 0 aliphatic heterocycles. The minimum absolute atomic E-state index is 0.0483. The molecule has 13 nitrogen and oxygen atoms in total. The minimum Gasteiger partial charge on any atom is -0.480 e. The molecule has 5 unspecified atom stereocenters. The number of benzene rings is 1. The van der Waals surface area contributed by atoms with Crippen LogP contribution in [0.3, 0.4) is 0 Å². The van der Waals surface area contributed by atoms with E-state index in [0.29, 0.717) is 25.8 Å². The SMILES string of the molecule is CCC(C)C(NC(=O)C(CCCCN)NC(=O)C(Cc1c[nH]c2ccccc12)NC(=O)C(N)CC(N)=O)C(=O)O. The molecule has 40 heavy (non-hydrogen) atoms. The van der Waals surface area contributed by atoms with Crippen molar-refractivity contribution in [2.75, 3.05) is 6.54 Å². The number of nitrogens with two attached hydrogens (primary N) is 3. The van der Waals surface area contributed by atoms with Gasteiger partial charge in [0.15, 0.2) is 0 Å². The van der Waals surface area contributed by atoms with Gasteiger partial charge in [-0.15, -0.1) is 0 Å². The average molecular weight is 560 g/mol. The van der Waals surface area contributed by atoms with Crippen molar-refractivity contribution in [3.05, 3.63) is 36.0 Å². The van der Waals surface area contributed by atoms with E-state index in [-0.39, 0.29) is 18.8 Å². The number of carbonyl (C=O) groups is 5. The topological polar surface area (TPSA) is 236 Å². The number of H-pyrrole nitrogens is 1. The first-order valence-electron chi connectivity index (χ1n) is 13.4. The van der Waals surface area contributed by atoms with Gasteiger partial charge in [-0.2, -0.15) is 0 Å². The van der Waals surface area contributed by atoms with Crippen LogP contribution in [-0.4, -0.2) is 70.4 Å². The van der Waals surface area contributed by atoms with Crippen LogP contribution in [0.4, 0.5) is 0 Å². The van der Waals surface area contributed by atoms with Crippen molar-refractivity contribution in [3.63, 3.8) is 0 Å². The van der Waals surface area contributed by atoms with Crippen molar-refractivity contribution in [2.45, 2.75) is 76.5 Å². The second kappa shape index (κ2) is 15.6. The highest BCUT2D eigenvalue weighted by molar-refractivity contribution is 5.95. The summed E-state index contributed by atoms with van der Waals surface area (Å²) >= 11 is 0. The van der Waals surface area contributed by atoms with Crippen molar-refractivity contribution in [1.82, 2.24) is 20.9 Å². The number of carboxylic acids is 1. The zero-order valence-corrected chi connectivity index (χ0v) is 22.9. The normalized spacial score (nSPS) is 14.9. The first-order chi connectivity index (χ1) is 19.0. The third-order valence-corrected chi connectivity index (χ3v) is 6.85. The Bertz CT molecular complexity index is 1180. The molecule has 0 saturated carbocycles. The fraction of sp³-hybridized carbons (Fsp3) is 0.519. The summed E-state index contributed by atoms with van der Waals surface area (Å²) in [5, 5.41) is 18.3. The third kappa shape index (κ3) is 9.35. The van der Waals surface area contributed by atoms with Gasteiger partial charge in [-0.1, -0.05) is 38.5 Å². The first-order valence-corrected chi connectivity index (χ1v) is 13.4. The van der Waals surface area contributed by atoms with Gasteiger partial charge in [-0.25, -0.2) is 4.79 Å². The Hall–Kier alpha value is -3.97. The van der Waals surface area contributed by atoms with Gasteiger partial charge in [0.1, 0.15) is 18.1 Å². The fourth-order valence-electron chi connectivity index (χ4n) is 4.29. The predicted molar refractivity (Wildman–Crippen MR) is 150 cm³/mol. The summed E-state index contributed by atoms with van der Waals surface area (Å²) in [4.78, 5) is 65.7. The second-order valence-corrected chi connectivity index (χ2v) is 9.96. The molecule has 5 atom stereocenters. The van der Waals surface area contributed by atoms with Crippen LogP contribution in [-0.2, 0) is 30.4 Å². The highest BCUT2D eigenvalue weighted by atomic mass is 16.4. The summed E-state index contributed by atoms with van der Waals surface area (Å²) in [5.74, 6) is -4.38. The molecule has 0 aliphatic rings. The van der Waals surface area contributed by atoms with Crippen molar-refractivity contribution in [1.29, 1.82) is 0 Å². The van der Waals surface area contributed by atoms with E-state index < -0.39 is 60.2 Å². The smallest absolute Gasteiger partial charge is 0.326 e.